The summed E-state index contributed by atoms with van der Waals surface area (Å²) in [5.41, 5.74) is 1.75. The Hall–Kier alpha value is -0.550. The van der Waals surface area contributed by atoms with Crippen LogP contribution in [0.25, 0.3) is 0 Å². The topological polar surface area (TPSA) is 46.2 Å². The van der Waals surface area contributed by atoms with E-state index in [0.29, 0.717) is 12.1 Å². The van der Waals surface area contributed by atoms with Crippen LogP contribution in [0.5, 0.6) is 0 Å². The van der Waals surface area contributed by atoms with E-state index in [4.69, 9.17) is 0 Å². The van der Waals surface area contributed by atoms with E-state index < -0.39 is 10.0 Å². The molecule has 1 N–H and O–H groups in total. The van der Waals surface area contributed by atoms with Gasteiger partial charge >= 0.3 is 0 Å². The van der Waals surface area contributed by atoms with Gasteiger partial charge in [-0.25, -0.2) is 8.42 Å². The molecule has 0 radical (unpaired) electrons. The summed E-state index contributed by atoms with van der Waals surface area (Å²) in [5.74, 6) is 0.184. The third-order valence-corrected chi connectivity index (χ3v) is 4.17. The van der Waals surface area contributed by atoms with Gasteiger partial charge in [0, 0.05) is 11.0 Å². The first-order valence-corrected chi connectivity index (χ1v) is 8.00. The van der Waals surface area contributed by atoms with Crippen molar-refractivity contribution in [1.29, 1.82) is 0 Å². The Morgan fingerprint density at radius 3 is 2.38 bits per heavy atom. The smallest absolute Gasteiger partial charge is 0.232 e. The Labute approximate surface area is 105 Å². The molecule has 0 aliphatic carbocycles. The first kappa shape index (κ1) is 13.5. The van der Waals surface area contributed by atoms with Crippen molar-refractivity contribution in [3.8, 4) is 0 Å². The lowest BCUT2D eigenvalue weighted by molar-refractivity contribution is 0.598. The molecule has 0 saturated heterocycles. The van der Waals surface area contributed by atoms with Crippen molar-refractivity contribution in [2.45, 2.75) is 25.1 Å². The molecule has 90 valence electrons. The molecule has 0 unspecified atom stereocenters. The van der Waals surface area contributed by atoms with Crippen LogP contribution < -0.4 is 4.72 Å². The highest BCUT2D eigenvalue weighted by atomic mass is 79.9. The van der Waals surface area contributed by atoms with E-state index in [9.17, 15) is 8.42 Å². The average Bonchev–Trinajstić information content (AvgIpc) is 2.27. The number of nitrogens with one attached hydrogen (secondary N) is 1. The Morgan fingerprint density at radius 1 is 1.25 bits per heavy atom. The molecule has 1 aromatic rings. The van der Waals surface area contributed by atoms with E-state index in [1.54, 1.807) is 12.1 Å². The predicted molar refractivity (Wildman–Crippen MR) is 71.4 cm³/mol. The lowest BCUT2D eigenvalue weighted by Crippen LogP contribution is -2.16. The molecule has 5 heteroatoms. The summed E-state index contributed by atoms with van der Waals surface area (Å²) in [6.45, 7) is 1.97. The van der Waals surface area contributed by atoms with Gasteiger partial charge in [-0.05, 0) is 24.1 Å². The van der Waals surface area contributed by atoms with Gasteiger partial charge in [-0.15, -0.1) is 0 Å². The lowest BCUT2D eigenvalue weighted by Gasteiger charge is -2.07. The van der Waals surface area contributed by atoms with Gasteiger partial charge < -0.3 is 0 Å². The van der Waals surface area contributed by atoms with Crippen LogP contribution in [-0.4, -0.2) is 14.2 Å². The number of hydrogen-bond acceptors (Lipinski definition) is 2. The molecular formula is C11H16BrNO2S. The summed E-state index contributed by atoms with van der Waals surface area (Å²) in [4.78, 5) is 0. The van der Waals surface area contributed by atoms with Crippen molar-refractivity contribution in [1.82, 2.24) is 0 Å². The van der Waals surface area contributed by atoms with Crippen molar-refractivity contribution in [2.75, 3.05) is 10.5 Å². The van der Waals surface area contributed by atoms with Crippen molar-refractivity contribution in [3.63, 3.8) is 0 Å². The molecule has 16 heavy (non-hydrogen) atoms. The third kappa shape index (κ3) is 4.53. The first-order chi connectivity index (χ1) is 7.57. The van der Waals surface area contributed by atoms with Crippen LogP contribution >= 0.6 is 15.9 Å². The minimum atomic E-state index is -3.18. The molecule has 0 saturated carbocycles. The van der Waals surface area contributed by atoms with Gasteiger partial charge in [0.1, 0.15) is 0 Å². The van der Waals surface area contributed by atoms with Gasteiger partial charge in [-0.2, -0.15) is 0 Å². The van der Waals surface area contributed by atoms with E-state index >= 15 is 0 Å². The zero-order chi connectivity index (χ0) is 12.0. The van der Waals surface area contributed by atoms with E-state index in [2.05, 4.69) is 20.7 Å². The number of unbranched alkanes of at least 4 members (excludes halogenated alkanes) is 1. The monoisotopic (exact) mass is 305 g/mol. The van der Waals surface area contributed by atoms with Crippen LogP contribution in [-0.2, 0) is 15.4 Å². The molecule has 0 heterocycles. The third-order valence-electron chi connectivity index (χ3n) is 2.15. The Bertz CT molecular complexity index is 414. The molecule has 0 aliphatic rings. The van der Waals surface area contributed by atoms with E-state index in [1.165, 1.54) is 0 Å². The molecule has 0 spiro atoms. The summed E-state index contributed by atoms with van der Waals surface area (Å²) < 4.78 is 25.7. The highest BCUT2D eigenvalue weighted by molar-refractivity contribution is 9.08. The molecule has 0 bridgehead atoms. The minimum Gasteiger partial charge on any atom is -0.284 e. The second kappa shape index (κ2) is 6.25. The fraction of sp³-hybridized carbons (Fsp3) is 0.455. The minimum absolute atomic E-state index is 0.184. The molecule has 0 fully saturated rings. The summed E-state index contributed by atoms with van der Waals surface area (Å²) in [5, 5.41) is 0.774. The van der Waals surface area contributed by atoms with Gasteiger partial charge in [0.25, 0.3) is 0 Å². The maximum absolute atomic E-state index is 11.6. The second-order valence-corrected chi connectivity index (χ2v) is 6.01. The summed E-state index contributed by atoms with van der Waals surface area (Å²) >= 11 is 3.34. The highest BCUT2D eigenvalue weighted by Gasteiger charge is 2.08. The molecule has 0 atom stereocenters. The van der Waals surface area contributed by atoms with E-state index in [0.717, 1.165) is 17.3 Å². The van der Waals surface area contributed by atoms with Gasteiger partial charge in [0.15, 0.2) is 0 Å². The van der Waals surface area contributed by atoms with Gasteiger partial charge in [-0.3, -0.25) is 4.72 Å². The van der Waals surface area contributed by atoms with Crippen molar-refractivity contribution in [2.24, 2.45) is 0 Å². The van der Waals surface area contributed by atoms with Gasteiger partial charge in [-0.1, -0.05) is 41.4 Å². The maximum Gasteiger partial charge on any atom is 0.232 e. The number of rotatable bonds is 6. The summed E-state index contributed by atoms with van der Waals surface area (Å²) in [7, 11) is -3.18. The SMILES string of the molecule is CCCCS(=O)(=O)Nc1ccc(CBr)cc1. The molecule has 0 amide bonds. The number of alkyl halides is 1. The van der Waals surface area contributed by atoms with Crippen LogP contribution in [0.15, 0.2) is 24.3 Å². The zero-order valence-electron chi connectivity index (χ0n) is 9.24. The fourth-order valence-electron chi connectivity index (χ4n) is 1.23. The summed E-state index contributed by atoms with van der Waals surface area (Å²) in [6, 6.07) is 7.35. The lowest BCUT2D eigenvalue weighted by atomic mass is 10.2. The Morgan fingerprint density at radius 2 is 1.88 bits per heavy atom. The Kier molecular flexibility index (Phi) is 5.28. The highest BCUT2D eigenvalue weighted by Crippen LogP contribution is 2.13. The van der Waals surface area contributed by atoms with Gasteiger partial charge in [0.2, 0.25) is 10.0 Å². The van der Waals surface area contributed by atoms with Crippen molar-refractivity contribution >= 4 is 31.6 Å². The Balaban J connectivity index is 2.65. The van der Waals surface area contributed by atoms with Crippen LogP contribution in [0.2, 0.25) is 0 Å². The van der Waals surface area contributed by atoms with Crippen LogP contribution in [0.4, 0.5) is 5.69 Å². The van der Waals surface area contributed by atoms with Crippen LogP contribution in [0.3, 0.4) is 0 Å². The molecular weight excluding hydrogens is 290 g/mol. The van der Waals surface area contributed by atoms with Crippen LogP contribution in [0.1, 0.15) is 25.3 Å². The zero-order valence-corrected chi connectivity index (χ0v) is 11.6. The number of anilines is 1. The van der Waals surface area contributed by atoms with Crippen molar-refractivity contribution in [3.05, 3.63) is 29.8 Å². The molecule has 0 aromatic heterocycles. The number of hydrogen-bond donors (Lipinski definition) is 1. The normalized spacial score (nSPS) is 11.4. The largest absolute Gasteiger partial charge is 0.284 e. The second-order valence-electron chi connectivity index (χ2n) is 3.61. The van der Waals surface area contributed by atoms with Crippen molar-refractivity contribution < 1.29 is 8.42 Å². The summed E-state index contributed by atoms with van der Waals surface area (Å²) in [6.07, 6.45) is 1.57. The fourth-order valence-corrected chi connectivity index (χ4v) is 2.87. The number of sulfonamides is 1. The maximum atomic E-state index is 11.6. The first-order valence-electron chi connectivity index (χ1n) is 5.23. The molecule has 0 aliphatic heterocycles. The quantitative estimate of drug-likeness (QED) is 0.821. The van der Waals surface area contributed by atoms with Crippen LogP contribution in [0, 0.1) is 0 Å². The molecule has 3 nitrogen and oxygen atoms in total. The van der Waals surface area contributed by atoms with E-state index in [-0.39, 0.29) is 5.75 Å². The van der Waals surface area contributed by atoms with Gasteiger partial charge in [0.05, 0.1) is 5.75 Å². The van der Waals surface area contributed by atoms with E-state index in [1.807, 2.05) is 19.1 Å². The average molecular weight is 306 g/mol. The molecule has 1 rings (SSSR count). The standard InChI is InChI=1S/C11H16BrNO2S/c1-2-3-8-16(14,15)13-11-6-4-10(9-12)5-7-11/h4-7,13H,2-3,8-9H2,1H3. The molecule has 1 aromatic carbocycles. The predicted octanol–water partition coefficient (Wildman–Crippen LogP) is 3.12. The number of benzene rings is 1. The number of halogens is 1.